The van der Waals surface area contributed by atoms with Gasteiger partial charge in [-0.2, -0.15) is 8.42 Å². The predicted molar refractivity (Wildman–Crippen MR) is 100 cm³/mol. The predicted octanol–water partition coefficient (Wildman–Crippen LogP) is 1.71. The Kier molecular flexibility index (Phi) is 6.19. The lowest BCUT2D eigenvalue weighted by molar-refractivity contribution is -0.117. The third-order valence-electron chi connectivity index (χ3n) is 3.24. The SMILES string of the molecule is CC(NC(=O)c1ccc(Cl)cc1)C(=O)Nc1cccc(NS(N)(=O)=O)c1. The lowest BCUT2D eigenvalue weighted by Gasteiger charge is -2.15. The molecule has 0 radical (unpaired) electrons. The van der Waals surface area contributed by atoms with Gasteiger partial charge in [0.25, 0.3) is 16.1 Å². The van der Waals surface area contributed by atoms with E-state index in [2.05, 4.69) is 15.4 Å². The molecule has 0 saturated heterocycles. The van der Waals surface area contributed by atoms with Crippen molar-refractivity contribution in [1.29, 1.82) is 0 Å². The number of carbonyl (C=O) groups is 2. The van der Waals surface area contributed by atoms with Crippen LogP contribution in [0.25, 0.3) is 0 Å². The van der Waals surface area contributed by atoms with Gasteiger partial charge in [0, 0.05) is 16.3 Å². The molecule has 0 heterocycles. The van der Waals surface area contributed by atoms with Crippen LogP contribution in [0.4, 0.5) is 11.4 Å². The standard InChI is InChI=1S/C16H17ClN4O4S/c1-10(19-16(23)11-5-7-12(17)8-6-11)15(22)20-13-3-2-4-14(9-13)21-26(18,24)25/h2-10,21H,1H3,(H,19,23)(H,20,22)(H2,18,24,25). The summed E-state index contributed by atoms with van der Waals surface area (Å²) in [5, 5.41) is 10.6. The molecule has 2 rings (SSSR count). The molecule has 0 aliphatic heterocycles. The average Bonchev–Trinajstić information content (AvgIpc) is 2.54. The van der Waals surface area contributed by atoms with E-state index in [1.165, 1.54) is 19.1 Å². The Balaban J connectivity index is 1.99. The maximum atomic E-state index is 12.2. The highest BCUT2D eigenvalue weighted by Crippen LogP contribution is 2.16. The smallest absolute Gasteiger partial charge is 0.296 e. The molecular formula is C16H17ClN4O4S. The van der Waals surface area contributed by atoms with Crippen LogP contribution < -0.4 is 20.5 Å². The van der Waals surface area contributed by atoms with E-state index in [0.717, 1.165) is 0 Å². The van der Waals surface area contributed by atoms with Gasteiger partial charge in [-0.15, -0.1) is 0 Å². The number of carbonyl (C=O) groups excluding carboxylic acids is 2. The summed E-state index contributed by atoms with van der Waals surface area (Å²) in [6.07, 6.45) is 0. The van der Waals surface area contributed by atoms with Gasteiger partial charge in [-0.05, 0) is 49.4 Å². The van der Waals surface area contributed by atoms with Gasteiger partial charge in [-0.3, -0.25) is 14.3 Å². The molecule has 8 nitrogen and oxygen atoms in total. The van der Waals surface area contributed by atoms with E-state index < -0.39 is 28.1 Å². The highest BCUT2D eigenvalue weighted by molar-refractivity contribution is 7.90. The zero-order valence-electron chi connectivity index (χ0n) is 13.7. The first-order valence-electron chi connectivity index (χ1n) is 7.42. The summed E-state index contributed by atoms with van der Waals surface area (Å²) in [6.45, 7) is 1.52. The highest BCUT2D eigenvalue weighted by Gasteiger charge is 2.17. The quantitative estimate of drug-likeness (QED) is 0.592. The number of amides is 2. The van der Waals surface area contributed by atoms with Gasteiger partial charge in [-0.1, -0.05) is 17.7 Å². The van der Waals surface area contributed by atoms with Gasteiger partial charge in [0.1, 0.15) is 6.04 Å². The average molecular weight is 397 g/mol. The molecule has 0 spiro atoms. The van der Waals surface area contributed by atoms with E-state index in [-0.39, 0.29) is 5.69 Å². The Hall–Kier alpha value is -2.62. The molecule has 10 heteroatoms. The molecule has 0 saturated carbocycles. The Morgan fingerprint density at radius 2 is 1.69 bits per heavy atom. The van der Waals surface area contributed by atoms with Crippen molar-refractivity contribution in [3.05, 3.63) is 59.1 Å². The fourth-order valence-corrected chi connectivity index (χ4v) is 2.60. The number of halogens is 1. The first-order chi connectivity index (χ1) is 12.1. The summed E-state index contributed by atoms with van der Waals surface area (Å²) in [5.41, 5.74) is 0.910. The van der Waals surface area contributed by atoms with Crippen molar-refractivity contribution in [3.8, 4) is 0 Å². The van der Waals surface area contributed by atoms with Crippen LogP contribution in [0.3, 0.4) is 0 Å². The van der Waals surface area contributed by atoms with Crippen LogP contribution in [-0.4, -0.2) is 26.3 Å². The molecule has 0 bridgehead atoms. The first-order valence-corrected chi connectivity index (χ1v) is 9.34. The number of rotatable bonds is 6. The Morgan fingerprint density at radius 3 is 2.31 bits per heavy atom. The summed E-state index contributed by atoms with van der Waals surface area (Å²) < 4.78 is 24.2. The molecule has 5 N–H and O–H groups in total. The molecule has 138 valence electrons. The van der Waals surface area contributed by atoms with Gasteiger partial charge < -0.3 is 10.6 Å². The van der Waals surface area contributed by atoms with Gasteiger partial charge in [0.15, 0.2) is 0 Å². The van der Waals surface area contributed by atoms with Gasteiger partial charge >= 0.3 is 0 Å². The molecule has 0 fully saturated rings. The minimum absolute atomic E-state index is 0.197. The fraction of sp³-hybridized carbons (Fsp3) is 0.125. The van der Waals surface area contributed by atoms with Crippen molar-refractivity contribution >= 4 is 45.0 Å². The third-order valence-corrected chi connectivity index (χ3v) is 4.01. The molecular weight excluding hydrogens is 380 g/mol. The summed E-state index contributed by atoms with van der Waals surface area (Å²) in [5.74, 6) is -0.894. The molecule has 2 amide bonds. The minimum Gasteiger partial charge on any atom is -0.341 e. The van der Waals surface area contributed by atoms with E-state index in [4.69, 9.17) is 16.7 Å². The van der Waals surface area contributed by atoms with Crippen LogP contribution in [0.2, 0.25) is 5.02 Å². The van der Waals surface area contributed by atoms with Crippen LogP contribution >= 0.6 is 11.6 Å². The molecule has 0 aromatic heterocycles. The monoisotopic (exact) mass is 396 g/mol. The summed E-state index contributed by atoms with van der Waals surface area (Å²) in [4.78, 5) is 24.3. The van der Waals surface area contributed by atoms with Crippen molar-refractivity contribution in [3.63, 3.8) is 0 Å². The Bertz CT molecular complexity index is 916. The minimum atomic E-state index is -3.92. The first kappa shape index (κ1) is 19.7. The van der Waals surface area contributed by atoms with Gasteiger partial charge in [0.2, 0.25) is 5.91 Å². The number of anilines is 2. The molecule has 2 aromatic carbocycles. The highest BCUT2D eigenvalue weighted by atomic mass is 35.5. The van der Waals surface area contributed by atoms with Crippen molar-refractivity contribution in [2.75, 3.05) is 10.0 Å². The van der Waals surface area contributed by atoms with Crippen LogP contribution in [0.15, 0.2) is 48.5 Å². The van der Waals surface area contributed by atoms with Gasteiger partial charge in [0.05, 0.1) is 5.69 Å². The summed E-state index contributed by atoms with van der Waals surface area (Å²) in [7, 11) is -3.92. The molecule has 0 aliphatic rings. The summed E-state index contributed by atoms with van der Waals surface area (Å²) >= 11 is 5.77. The zero-order valence-corrected chi connectivity index (χ0v) is 15.3. The van der Waals surface area contributed by atoms with Crippen LogP contribution in [-0.2, 0) is 15.0 Å². The number of hydrogen-bond donors (Lipinski definition) is 4. The second kappa shape index (κ2) is 8.17. The molecule has 1 atom stereocenters. The zero-order chi connectivity index (χ0) is 19.3. The maximum absolute atomic E-state index is 12.2. The van der Waals surface area contributed by atoms with Crippen LogP contribution in [0.5, 0.6) is 0 Å². The van der Waals surface area contributed by atoms with Crippen LogP contribution in [0, 0.1) is 0 Å². The number of hydrogen-bond acceptors (Lipinski definition) is 4. The molecule has 26 heavy (non-hydrogen) atoms. The molecule has 1 unspecified atom stereocenters. The topological polar surface area (TPSA) is 130 Å². The number of benzene rings is 2. The lowest BCUT2D eigenvalue weighted by atomic mass is 10.2. The molecule has 2 aromatic rings. The molecule has 0 aliphatic carbocycles. The van der Waals surface area contributed by atoms with Crippen molar-refractivity contribution < 1.29 is 18.0 Å². The van der Waals surface area contributed by atoms with Gasteiger partial charge in [-0.25, -0.2) is 5.14 Å². The number of nitrogens with two attached hydrogens (primary N) is 1. The van der Waals surface area contributed by atoms with Crippen molar-refractivity contribution in [1.82, 2.24) is 5.32 Å². The Morgan fingerprint density at radius 1 is 1.08 bits per heavy atom. The third kappa shape index (κ3) is 6.03. The lowest BCUT2D eigenvalue weighted by Crippen LogP contribution is -2.41. The van der Waals surface area contributed by atoms with E-state index in [9.17, 15) is 18.0 Å². The second-order valence-electron chi connectivity index (χ2n) is 5.42. The van der Waals surface area contributed by atoms with Crippen molar-refractivity contribution in [2.45, 2.75) is 13.0 Å². The van der Waals surface area contributed by atoms with E-state index in [1.54, 1.807) is 36.4 Å². The van der Waals surface area contributed by atoms with Crippen molar-refractivity contribution in [2.24, 2.45) is 5.14 Å². The maximum Gasteiger partial charge on any atom is 0.296 e. The fourth-order valence-electron chi connectivity index (χ4n) is 2.02. The Labute approximate surface area is 155 Å². The number of nitrogens with one attached hydrogen (secondary N) is 3. The second-order valence-corrected chi connectivity index (χ2v) is 7.15. The normalized spacial score (nSPS) is 12.1. The largest absolute Gasteiger partial charge is 0.341 e. The van der Waals surface area contributed by atoms with E-state index in [0.29, 0.717) is 16.3 Å². The van der Waals surface area contributed by atoms with E-state index >= 15 is 0 Å². The summed E-state index contributed by atoms with van der Waals surface area (Å²) in [6, 6.07) is 11.4. The van der Waals surface area contributed by atoms with E-state index in [1.807, 2.05) is 0 Å². The van der Waals surface area contributed by atoms with Crippen LogP contribution in [0.1, 0.15) is 17.3 Å².